The van der Waals surface area contributed by atoms with Crippen LogP contribution in [0.4, 0.5) is 0 Å². The summed E-state index contributed by atoms with van der Waals surface area (Å²) in [5.74, 6) is -0.240. The van der Waals surface area contributed by atoms with Crippen LogP contribution in [0.5, 0.6) is 0 Å². The number of hydrogen-bond acceptors (Lipinski definition) is 6. The summed E-state index contributed by atoms with van der Waals surface area (Å²) in [7, 11) is 1.40. The van der Waals surface area contributed by atoms with Gasteiger partial charge in [0, 0.05) is 18.1 Å². The van der Waals surface area contributed by atoms with Crippen LogP contribution in [0, 0.1) is 0 Å². The monoisotopic (exact) mass is 242 g/mol. The summed E-state index contributed by atoms with van der Waals surface area (Å²) in [5.41, 5.74) is 0. The highest BCUT2D eigenvalue weighted by molar-refractivity contribution is 7.09. The van der Waals surface area contributed by atoms with E-state index in [0.29, 0.717) is 19.8 Å². The van der Waals surface area contributed by atoms with Crippen LogP contribution in [0.15, 0.2) is 11.6 Å². The summed E-state index contributed by atoms with van der Waals surface area (Å²) in [6.45, 7) is 2.47. The summed E-state index contributed by atoms with van der Waals surface area (Å²) in [4.78, 5) is 17.8. The first-order valence-electron chi connectivity index (χ1n) is 5.09. The van der Waals surface area contributed by atoms with Gasteiger partial charge < -0.3 is 9.47 Å². The number of ether oxygens (including phenoxy) is 2. The second-order valence-electron chi connectivity index (χ2n) is 3.51. The Labute approximate surface area is 98.0 Å². The molecule has 0 bridgehead atoms. The number of aromatic nitrogens is 1. The van der Waals surface area contributed by atoms with Crippen molar-refractivity contribution in [3.8, 4) is 0 Å². The zero-order chi connectivity index (χ0) is 11.4. The Morgan fingerprint density at radius 2 is 2.69 bits per heavy atom. The number of rotatable bonds is 3. The fraction of sp³-hybridized carbons (Fsp3) is 0.600. The van der Waals surface area contributed by atoms with Gasteiger partial charge >= 0.3 is 5.97 Å². The van der Waals surface area contributed by atoms with Crippen molar-refractivity contribution in [2.45, 2.75) is 12.6 Å². The van der Waals surface area contributed by atoms with Gasteiger partial charge in [0.1, 0.15) is 11.0 Å². The maximum atomic E-state index is 11.5. The highest BCUT2D eigenvalue weighted by atomic mass is 32.1. The Morgan fingerprint density at radius 3 is 3.38 bits per heavy atom. The largest absolute Gasteiger partial charge is 0.468 e. The minimum atomic E-state index is -0.303. The summed E-state index contributed by atoms with van der Waals surface area (Å²) >= 11 is 1.59. The van der Waals surface area contributed by atoms with Crippen molar-refractivity contribution in [2.75, 3.05) is 26.9 Å². The van der Waals surface area contributed by atoms with E-state index in [1.807, 2.05) is 10.3 Å². The van der Waals surface area contributed by atoms with Gasteiger partial charge in [0.05, 0.1) is 26.9 Å². The molecule has 6 heteroatoms. The predicted molar refractivity (Wildman–Crippen MR) is 59.1 cm³/mol. The number of nitrogens with zero attached hydrogens (tertiary/aromatic N) is 2. The molecule has 0 amide bonds. The third kappa shape index (κ3) is 2.58. The maximum absolute atomic E-state index is 11.5. The Balaban J connectivity index is 2.02. The molecular formula is C10H14N2O3S. The smallest absolute Gasteiger partial charge is 0.325 e. The van der Waals surface area contributed by atoms with Crippen LogP contribution in [0.1, 0.15) is 5.01 Å². The van der Waals surface area contributed by atoms with Crippen LogP contribution < -0.4 is 0 Å². The number of methoxy groups -OCH3 is 1. The standard InChI is InChI=1S/C10H14N2O3S/c1-14-10(13)8-7-15-4-3-12(8)6-9-11-2-5-16-9/h2,5,8H,3-4,6-7H2,1H3. The fourth-order valence-electron chi connectivity index (χ4n) is 1.69. The molecule has 1 saturated heterocycles. The van der Waals surface area contributed by atoms with Crippen molar-refractivity contribution < 1.29 is 14.3 Å². The Morgan fingerprint density at radius 1 is 1.81 bits per heavy atom. The first-order chi connectivity index (χ1) is 7.81. The summed E-state index contributed by atoms with van der Waals surface area (Å²) < 4.78 is 10.1. The molecule has 0 saturated carbocycles. The maximum Gasteiger partial charge on any atom is 0.325 e. The van der Waals surface area contributed by atoms with Crippen molar-refractivity contribution in [1.29, 1.82) is 0 Å². The number of carbonyl (C=O) groups is 1. The molecule has 2 rings (SSSR count). The van der Waals surface area contributed by atoms with E-state index in [4.69, 9.17) is 9.47 Å². The number of morpholine rings is 1. The van der Waals surface area contributed by atoms with Crippen molar-refractivity contribution in [1.82, 2.24) is 9.88 Å². The zero-order valence-corrected chi connectivity index (χ0v) is 9.90. The number of hydrogen-bond donors (Lipinski definition) is 0. The second-order valence-corrected chi connectivity index (χ2v) is 4.49. The van der Waals surface area contributed by atoms with E-state index < -0.39 is 0 Å². The van der Waals surface area contributed by atoms with Crippen LogP contribution in [-0.2, 0) is 20.8 Å². The predicted octanol–water partition coefficient (Wildman–Crippen LogP) is 0.517. The third-order valence-electron chi connectivity index (χ3n) is 2.53. The number of thiazole rings is 1. The van der Waals surface area contributed by atoms with E-state index in [9.17, 15) is 4.79 Å². The number of carbonyl (C=O) groups excluding carboxylic acids is 1. The van der Waals surface area contributed by atoms with Crippen LogP contribution in [0.2, 0.25) is 0 Å². The van der Waals surface area contributed by atoms with E-state index in [2.05, 4.69) is 4.98 Å². The second kappa shape index (κ2) is 5.38. The molecule has 1 aromatic heterocycles. The van der Waals surface area contributed by atoms with Crippen LogP contribution >= 0.6 is 11.3 Å². The molecule has 1 aromatic rings. The minimum Gasteiger partial charge on any atom is -0.468 e. The quantitative estimate of drug-likeness (QED) is 0.723. The molecule has 0 N–H and O–H groups in total. The molecule has 0 spiro atoms. The van der Waals surface area contributed by atoms with Gasteiger partial charge in [-0.2, -0.15) is 0 Å². The summed E-state index contributed by atoms with van der Waals surface area (Å²) in [6.07, 6.45) is 1.77. The zero-order valence-electron chi connectivity index (χ0n) is 9.09. The molecule has 2 heterocycles. The lowest BCUT2D eigenvalue weighted by molar-refractivity contribution is -0.153. The van der Waals surface area contributed by atoms with E-state index in [1.54, 1.807) is 17.5 Å². The van der Waals surface area contributed by atoms with Crippen LogP contribution in [0.25, 0.3) is 0 Å². The van der Waals surface area contributed by atoms with Crippen molar-refractivity contribution in [3.05, 3.63) is 16.6 Å². The minimum absolute atomic E-state index is 0.240. The van der Waals surface area contributed by atoms with E-state index in [-0.39, 0.29) is 12.0 Å². The fourth-order valence-corrected chi connectivity index (χ4v) is 2.33. The molecule has 0 aliphatic carbocycles. The Hall–Kier alpha value is -0.980. The molecule has 1 fully saturated rings. The van der Waals surface area contributed by atoms with Gasteiger partial charge in [0.15, 0.2) is 0 Å². The molecule has 16 heavy (non-hydrogen) atoms. The number of esters is 1. The lowest BCUT2D eigenvalue weighted by atomic mass is 10.2. The van der Waals surface area contributed by atoms with Crippen LogP contribution in [-0.4, -0.2) is 48.8 Å². The van der Waals surface area contributed by atoms with Gasteiger partial charge in [0.25, 0.3) is 0 Å². The van der Waals surface area contributed by atoms with Gasteiger partial charge in [-0.3, -0.25) is 9.69 Å². The average molecular weight is 242 g/mol. The van der Waals surface area contributed by atoms with Crippen molar-refractivity contribution in [3.63, 3.8) is 0 Å². The highest BCUT2D eigenvalue weighted by Gasteiger charge is 2.30. The van der Waals surface area contributed by atoms with Gasteiger partial charge in [-0.1, -0.05) is 0 Å². The third-order valence-corrected chi connectivity index (χ3v) is 3.30. The van der Waals surface area contributed by atoms with Gasteiger partial charge in [-0.05, 0) is 0 Å². The Bertz CT molecular complexity index is 342. The topological polar surface area (TPSA) is 51.7 Å². The van der Waals surface area contributed by atoms with Crippen LogP contribution in [0.3, 0.4) is 0 Å². The molecule has 5 nitrogen and oxygen atoms in total. The normalized spacial score (nSPS) is 21.9. The molecule has 1 aliphatic heterocycles. The highest BCUT2D eigenvalue weighted by Crippen LogP contribution is 2.14. The van der Waals surface area contributed by atoms with Gasteiger partial charge in [-0.25, -0.2) is 4.98 Å². The lowest BCUT2D eigenvalue weighted by Crippen LogP contribution is -2.49. The Kier molecular flexibility index (Phi) is 3.87. The first-order valence-corrected chi connectivity index (χ1v) is 5.97. The molecule has 0 radical (unpaired) electrons. The van der Waals surface area contributed by atoms with Crippen molar-refractivity contribution >= 4 is 17.3 Å². The molecule has 88 valence electrons. The van der Waals surface area contributed by atoms with E-state index >= 15 is 0 Å². The summed E-state index contributed by atoms with van der Waals surface area (Å²) in [6, 6.07) is -0.303. The first kappa shape index (κ1) is 11.5. The SMILES string of the molecule is COC(=O)C1COCCN1Cc1nccs1. The lowest BCUT2D eigenvalue weighted by Gasteiger charge is -2.32. The van der Waals surface area contributed by atoms with Gasteiger partial charge in [-0.15, -0.1) is 11.3 Å². The molecule has 1 atom stereocenters. The summed E-state index contributed by atoms with van der Waals surface area (Å²) in [5, 5.41) is 2.94. The molecular weight excluding hydrogens is 228 g/mol. The molecule has 1 unspecified atom stereocenters. The average Bonchev–Trinajstić information content (AvgIpc) is 2.82. The van der Waals surface area contributed by atoms with E-state index in [1.165, 1.54) is 7.11 Å². The molecule has 0 aromatic carbocycles. The van der Waals surface area contributed by atoms with E-state index in [0.717, 1.165) is 11.6 Å². The molecule has 1 aliphatic rings. The van der Waals surface area contributed by atoms with Crippen molar-refractivity contribution in [2.24, 2.45) is 0 Å². The van der Waals surface area contributed by atoms with Gasteiger partial charge in [0.2, 0.25) is 0 Å².